The Morgan fingerprint density at radius 1 is 1.21 bits per heavy atom. The van der Waals surface area contributed by atoms with Crippen molar-refractivity contribution in [2.75, 3.05) is 5.32 Å². The number of halogens is 1. The van der Waals surface area contributed by atoms with Crippen LogP contribution >= 0.6 is 0 Å². The van der Waals surface area contributed by atoms with Crippen molar-refractivity contribution in [3.63, 3.8) is 0 Å². The lowest BCUT2D eigenvalue weighted by Crippen LogP contribution is -2.27. The van der Waals surface area contributed by atoms with Crippen LogP contribution < -0.4 is 11.1 Å². The van der Waals surface area contributed by atoms with Crippen molar-refractivity contribution >= 4 is 11.6 Å². The summed E-state index contributed by atoms with van der Waals surface area (Å²) < 4.78 is 13.0. The summed E-state index contributed by atoms with van der Waals surface area (Å²) in [6, 6.07) is 11.2. The van der Waals surface area contributed by atoms with Crippen LogP contribution in [0.1, 0.15) is 11.6 Å². The summed E-state index contributed by atoms with van der Waals surface area (Å²) in [5, 5.41) is 11.9. The highest BCUT2D eigenvalue weighted by molar-refractivity contribution is 5.96. The molecule has 0 aliphatic heterocycles. The first-order valence-corrected chi connectivity index (χ1v) is 5.68. The molecule has 4 nitrogen and oxygen atoms in total. The van der Waals surface area contributed by atoms with Gasteiger partial charge in [0, 0.05) is 6.07 Å². The normalized spacial score (nSPS) is 11.9. The number of hydrogen-bond donors (Lipinski definition) is 3. The van der Waals surface area contributed by atoms with E-state index in [1.807, 2.05) is 6.07 Å². The predicted octanol–water partition coefficient (Wildman–Crippen LogP) is 2.17. The molecule has 0 fully saturated rings. The van der Waals surface area contributed by atoms with E-state index in [-0.39, 0.29) is 11.4 Å². The molecule has 2 aromatic carbocycles. The number of benzene rings is 2. The van der Waals surface area contributed by atoms with Gasteiger partial charge in [0.25, 0.3) is 0 Å². The van der Waals surface area contributed by atoms with Crippen LogP contribution in [0.2, 0.25) is 0 Å². The second-order valence-corrected chi connectivity index (χ2v) is 4.04. The maximum Gasteiger partial charge on any atom is 0.245 e. The second-order valence-electron chi connectivity index (χ2n) is 4.04. The fourth-order valence-corrected chi connectivity index (χ4v) is 1.63. The molecule has 0 unspecified atom stereocenters. The second kappa shape index (κ2) is 5.49. The largest absolute Gasteiger partial charge is 0.506 e. The highest BCUT2D eigenvalue weighted by atomic mass is 19.1. The molecule has 0 spiro atoms. The third-order valence-electron chi connectivity index (χ3n) is 2.66. The van der Waals surface area contributed by atoms with E-state index in [0.29, 0.717) is 5.56 Å². The van der Waals surface area contributed by atoms with Gasteiger partial charge in [-0.05, 0) is 17.7 Å². The zero-order valence-electron chi connectivity index (χ0n) is 10.0. The number of nitrogens with one attached hydrogen (secondary N) is 1. The van der Waals surface area contributed by atoms with Gasteiger partial charge in [0.1, 0.15) is 17.6 Å². The molecule has 1 amide bonds. The topological polar surface area (TPSA) is 75.4 Å². The Morgan fingerprint density at radius 2 is 1.89 bits per heavy atom. The third-order valence-corrected chi connectivity index (χ3v) is 2.66. The van der Waals surface area contributed by atoms with E-state index in [9.17, 15) is 14.3 Å². The molecule has 0 bridgehead atoms. The summed E-state index contributed by atoms with van der Waals surface area (Å²) in [5.74, 6) is -1.29. The van der Waals surface area contributed by atoms with E-state index >= 15 is 0 Å². The zero-order chi connectivity index (χ0) is 13.8. The van der Waals surface area contributed by atoms with Crippen molar-refractivity contribution in [2.45, 2.75) is 6.04 Å². The minimum absolute atomic E-state index is 0.00335. The summed E-state index contributed by atoms with van der Waals surface area (Å²) in [6.07, 6.45) is 0. The minimum atomic E-state index is -0.885. The average molecular weight is 260 g/mol. The van der Waals surface area contributed by atoms with Gasteiger partial charge >= 0.3 is 0 Å². The van der Waals surface area contributed by atoms with Crippen molar-refractivity contribution in [1.82, 2.24) is 0 Å². The molecule has 0 saturated heterocycles. The van der Waals surface area contributed by atoms with E-state index in [2.05, 4.69) is 5.32 Å². The number of rotatable bonds is 3. The molecule has 0 heterocycles. The van der Waals surface area contributed by atoms with Gasteiger partial charge in [0.05, 0.1) is 5.69 Å². The number of phenols is 1. The smallest absolute Gasteiger partial charge is 0.245 e. The van der Waals surface area contributed by atoms with Gasteiger partial charge in [0.2, 0.25) is 5.91 Å². The summed E-state index contributed by atoms with van der Waals surface area (Å²) in [5.41, 5.74) is 6.42. The molecule has 2 aromatic rings. The van der Waals surface area contributed by atoms with Crippen molar-refractivity contribution in [2.24, 2.45) is 5.73 Å². The third kappa shape index (κ3) is 3.08. The van der Waals surface area contributed by atoms with Gasteiger partial charge in [-0.3, -0.25) is 4.79 Å². The number of carbonyl (C=O) groups is 1. The van der Waals surface area contributed by atoms with Gasteiger partial charge in [-0.1, -0.05) is 30.3 Å². The molecule has 4 N–H and O–H groups in total. The van der Waals surface area contributed by atoms with Crippen LogP contribution in [0.15, 0.2) is 48.5 Å². The number of nitrogens with two attached hydrogens (primary N) is 1. The van der Waals surface area contributed by atoms with Crippen LogP contribution in [-0.4, -0.2) is 11.0 Å². The average Bonchev–Trinajstić information content (AvgIpc) is 2.43. The van der Waals surface area contributed by atoms with E-state index < -0.39 is 17.8 Å². The van der Waals surface area contributed by atoms with E-state index in [0.717, 1.165) is 12.1 Å². The number of anilines is 1. The minimum Gasteiger partial charge on any atom is -0.506 e. The number of amides is 1. The molecular formula is C14H13FN2O2. The van der Waals surface area contributed by atoms with Crippen molar-refractivity contribution in [1.29, 1.82) is 0 Å². The molecule has 0 aliphatic carbocycles. The Bertz CT molecular complexity index is 587. The summed E-state index contributed by atoms with van der Waals surface area (Å²) >= 11 is 0. The Hall–Kier alpha value is -2.40. The maximum absolute atomic E-state index is 13.0. The lowest BCUT2D eigenvalue weighted by Gasteiger charge is -2.13. The number of hydrogen-bond acceptors (Lipinski definition) is 3. The Morgan fingerprint density at radius 3 is 2.58 bits per heavy atom. The quantitative estimate of drug-likeness (QED) is 0.740. The van der Waals surface area contributed by atoms with Crippen LogP contribution in [0, 0.1) is 5.82 Å². The molecule has 5 heteroatoms. The fraction of sp³-hybridized carbons (Fsp3) is 0.0714. The molecule has 0 saturated carbocycles. The van der Waals surface area contributed by atoms with Crippen LogP contribution in [-0.2, 0) is 4.79 Å². The molecule has 19 heavy (non-hydrogen) atoms. The lowest BCUT2D eigenvalue weighted by atomic mass is 10.1. The molecule has 1 atom stereocenters. The van der Waals surface area contributed by atoms with Crippen LogP contribution in [0.25, 0.3) is 0 Å². The van der Waals surface area contributed by atoms with E-state index in [4.69, 9.17) is 5.73 Å². The first kappa shape index (κ1) is 13.0. The molecular weight excluding hydrogens is 247 g/mol. The Balaban J connectivity index is 2.15. The molecule has 98 valence electrons. The number of phenolic OH excluding ortho intramolecular Hbond substituents is 1. The van der Waals surface area contributed by atoms with Crippen LogP contribution in [0.5, 0.6) is 5.75 Å². The van der Waals surface area contributed by atoms with Gasteiger partial charge in [-0.2, -0.15) is 0 Å². The monoisotopic (exact) mass is 260 g/mol. The lowest BCUT2D eigenvalue weighted by molar-refractivity contribution is -0.117. The zero-order valence-corrected chi connectivity index (χ0v) is 10.0. The molecule has 2 rings (SSSR count). The Kier molecular flexibility index (Phi) is 3.77. The summed E-state index contributed by atoms with van der Waals surface area (Å²) in [4.78, 5) is 11.9. The highest BCUT2D eigenvalue weighted by Gasteiger charge is 2.17. The maximum atomic E-state index is 13.0. The number of carbonyl (C=O) groups excluding carboxylic acids is 1. The molecule has 0 aromatic heterocycles. The highest BCUT2D eigenvalue weighted by Crippen LogP contribution is 2.24. The van der Waals surface area contributed by atoms with Crippen molar-refractivity contribution < 1.29 is 14.3 Å². The predicted molar refractivity (Wildman–Crippen MR) is 70.1 cm³/mol. The first-order valence-electron chi connectivity index (χ1n) is 5.68. The van der Waals surface area contributed by atoms with Crippen molar-refractivity contribution in [3.05, 3.63) is 59.9 Å². The molecule has 0 radical (unpaired) electrons. The van der Waals surface area contributed by atoms with E-state index in [1.165, 1.54) is 6.07 Å². The Labute approximate surface area is 109 Å². The van der Waals surface area contributed by atoms with E-state index in [1.54, 1.807) is 24.3 Å². The van der Waals surface area contributed by atoms with Gasteiger partial charge in [0.15, 0.2) is 0 Å². The van der Waals surface area contributed by atoms with Gasteiger partial charge < -0.3 is 16.2 Å². The van der Waals surface area contributed by atoms with Crippen LogP contribution in [0.3, 0.4) is 0 Å². The van der Waals surface area contributed by atoms with Gasteiger partial charge in [-0.15, -0.1) is 0 Å². The summed E-state index contributed by atoms with van der Waals surface area (Å²) in [6.45, 7) is 0. The standard InChI is InChI=1S/C14H13FN2O2/c15-10-6-7-12(18)11(8-10)17-14(19)13(16)9-4-2-1-3-5-9/h1-8,13,18H,16H2,(H,17,19)/t13-/m1/s1. The van der Waals surface area contributed by atoms with Crippen molar-refractivity contribution in [3.8, 4) is 5.75 Å². The molecule has 0 aliphatic rings. The van der Waals surface area contributed by atoms with Crippen LogP contribution in [0.4, 0.5) is 10.1 Å². The summed E-state index contributed by atoms with van der Waals surface area (Å²) in [7, 11) is 0. The number of aromatic hydroxyl groups is 1. The van der Waals surface area contributed by atoms with Gasteiger partial charge in [-0.25, -0.2) is 4.39 Å². The SMILES string of the molecule is N[C@@H](C(=O)Nc1cc(F)ccc1O)c1ccccc1. The fourth-order valence-electron chi connectivity index (χ4n) is 1.63. The first-order chi connectivity index (χ1) is 9.08.